The third-order valence-corrected chi connectivity index (χ3v) is 4.27. The summed E-state index contributed by atoms with van der Waals surface area (Å²) < 4.78 is 6.88. The SMILES string of the molecule is Cn1cccc1C(=O)Nc1ccccc1C(=O)Nc1n[nH]c2cc(C(=O)O)oc12. The Morgan fingerprint density at radius 1 is 1.10 bits per heavy atom. The zero-order valence-corrected chi connectivity index (χ0v) is 15.1. The molecule has 0 saturated heterocycles. The van der Waals surface area contributed by atoms with Gasteiger partial charge in [0, 0.05) is 19.3 Å². The van der Waals surface area contributed by atoms with Crippen LogP contribution in [0.25, 0.3) is 11.1 Å². The number of anilines is 2. The highest BCUT2D eigenvalue weighted by Crippen LogP contribution is 2.25. The molecule has 4 rings (SSSR count). The van der Waals surface area contributed by atoms with E-state index in [1.165, 1.54) is 6.07 Å². The molecule has 0 unspecified atom stereocenters. The molecule has 0 saturated carbocycles. The quantitative estimate of drug-likeness (QED) is 0.411. The number of benzene rings is 1. The number of aromatic amines is 1. The molecule has 0 atom stereocenters. The van der Waals surface area contributed by atoms with E-state index in [9.17, 15) is 14.4 Å². The first-order chi connectivity index (χ1) is 13.9. The number of hydrogen-bond donors (Lipinski definition) is 4. The third-order valence-electron chi connectivity index (χ3n) is 4.27. The molecule has 0 aliphatic rings. The van der Waals surface area contributed by atoms with Crippen LogP contribution in [0.4, 0.5) is 11.5 Å². The van der Waals surface area contributed by atoms with Crippen molar-refractivity contribution >= 4 is 40.4 Å². The van der Waals surface area contributed by atoms with Crippen LogP contribution in [0.2, 0.25) is 0 Å². The number of H-pyrrole nitrogens is 1. The number of carbonyl (C=O) groups excluding carboxylic acids is 2. The molecular weight excluding hydrogens is 378 g/mol. The van der Waals surface area contributed by atoms with Crippen LogP contribution < -0.4 is 10.6 Å². The number of para-hydroxylation sites is 1. The van der Waals surface area contributed by atoms with Gasteiger partial charge in [0.2, 0.25) is 5.76 Å². The van der Waals surface area contributed by atoms with Crippen LogP contribution in [-0.4, -0.2) is 37.7 Å². The van der Waals surface area contributed by atoms with Gasteiger partial charge in [0.1, 0.15) is 11.2 Å². The predicted octanol–water partition coefficient (Wildman–Crippen LogP) is 2.70. The second-order valence-electron chi connectivity index (χ2n) is 6.19. The average molecular weight is 393 g/mol. The Kier molecular flexibility index (Phi) is 4.36. The van der Waals surface area contributed by atoms with Crippen molar-refractivity contribution in [3.05, 3.63) is 65.7 Å². The molecule has 146 valence electrons. The van der Waals surface area contributed by atoms with Gasteiger partial charge in [-0.2, -0.15) is 5.10 Å². The molecular formula is C19H15N5O5. The predicted molar refractivity (Wildman–Crippen MR) is 103 cm³/mol. The Balaban J connectivity index is 1.59. The van der Waals surface area contributed by atoms with Gasteiger partial charge in [-0.15, -0.1) is 0 Å². The Hall–Kier alpha value is -4.34. The summed E-state index contributed by atoms with van der Waals surface area (Å²) in [6.07, 6.45) is 1.74. The number of amides is 2. The molecule has 2 amide bonds. The number of hydrogen-bond acceptors (Lipinski definition) is 5. The summed E-state index contributed by atoms with van der Waals surface area (Å²) in [4.78, 5) is 36.3. The Morgan fingerprint density at radius 2 is 1.90 bits per heavy atom. The van der Waals surface area contributed by atoms with Gasteiger partial charge in [-0.3, -0.25) is 14.7 Å². The van der Waals surface area contributed by atoms with Gasteiger partial charge in [0.25, 0.3) is 11.8 Å². The second-order valence-corrected chi connectivity index (χ2v) is 6.19. The fourth-order valence-electron chi connectivity index (χ4n) is 2.86. The van der Waals surface area contributed by atoms with Crippen LogP contribution in [0.1, 0.15) is 31.4 Å². The molecule has 0 radical (unpaired) electrons. The number of nitrogens with zero attached hydrogens (tertiary/aromatic N) is 2. The number of fused-ring (bicyclic) bond motifs is 1. The summed E-state index contributed by atoms with van der Waals surface area (Å²) >= 11 is 0. The summed E-state index contributed by atoms with van der Waals surface area (Å²) in [5.41, 5.74) is 1.40. The van der Waals surface area contributed by atoms with E-state index in [1.54, 1.807) is 54.2 Å². The van der Waals surface area contributed by atoms with Crippen LogP contribution in [0.15, 0.2) is 53.1 Å². The molecule has 3 heterocycles. The molecule has 0 spiro atoms. The highest BCUT2D eigenvalue weighted by molar-refractivity contribution is 6.13. The minimum Gasteiger partial charge on any atom is -0.475 e. The number of carboxylic acid groups (broad SMARTS) is 1. The normalized spacial score (nSPS) is 10.8. The third kappa shape index (κ3) is 3.34. The maximum atomic E-state index is 12.8. The highest BCUT2D eigenvalue weighted by atomic mass is 16.4. The molecule has 29 heavy (non-hydrogen) atoms. The lowest BCUT2D eigenvalue weighted by molar-refractivity contribution is 0.0664. The van der Waals surface area contributed by atoms with E-state index in [2.05, 4.69) is 20.8 Å². The molecule has 4 aromatic rings. The van der Waals surface area contributed by atoms with Crippen molar-refractivity contribution in [3.63, 3.8) is 0 Å². The highest BCUT2D eigenvalue weighted by Gasteiger charge is 2.20. The van der Waals surface area contributed by atoms with Crippen molar-refractivity contribution in [3.8, 4) is 0 Å². The van der Waals surface area contributed by atoms with Gasteiger partial charge in [-0.05, 0) is 24.3 Å². The lowest BCUT2D eigenvalue weighted by atomic mass is 10.1. The minimum atomic E-state index is -1.24. The van der Waals surface area contributed by atoms with Crippen LogP contribution in [-0.2, 0) is 7.05 Å². The molecule has 4 N–H and O–H groups in total. The van der Waals surface area contributed by atoms with Crippen molar-refractivity contribution in [1.29, 1.82) is 0 Å². The van der Waals surface area contributed by atoms with E-state index >= 15 is 0 Å². The molecule has 10 heteroatoms. The topological polar surface area (TPSA) is 142 Å². The summed E-state index contributed by atoms with van der Waals surface area (Å²) in [5, 5.41) is 20.8. The van der Waals surface area contributed by atoms with Gasteiger partial charge in [-0.25, -0.2) is 4.79 Å². The first-order valence-corrected chi connectivity index (χ1v) is 8.48. The fourth-order valence-corrected chi connectivity index (χ4v) is 2.86. The fraction of sp³-hybridized carbons (Fsp3) is 0.0526. The molecule has 0 aliphatic heterocycles. The van der Waals surface area contributed by atoms with E-state index in [0.29, 0.717) is 16.9 Å². The number of carboxylic acids is 1. The van der Waals surface area contributed by atoms with E-state index in [-0.39, 0.29) is 28.6 Å². The molecule has 0 fully saturated rings. The van der Waals surface area contributed by atoms with Crippen LogP contribution in [0.3, 0.4) is 0 Å². The molecule has 1 aromatic carbocycles. The van der Waals surface area contributed by atoms with Crippen molar-refractivity contribution < 1.29 is 23.9 Å². The van der Waals surface area contributed by atoms with Crippen molar-refractivity contribution in [2.45, 2.75) is 0 Å². The maximum Gasteiger partial charge on any atom is 0.371 e. The van der Waals surface area contributed by atoms with Crippen molar-refractivity contribution in [1.82, 2.24) is 14.8 Å². The standard InChI is InChI=1S/C19H15N5O5/c1-24-8-4-7-13(24)18(26)20-11-6-3-2-5-10(11)17(25)21-16-15-12(22-23-16)9-14(29-15)19(27)28/h2-9H,1H3,(H,20,26)(H,27,28)(H2,21,22,23,25). The molecule has 0 aliphatic carbocycles. The number of aryl methyl sites for hydroxylation is 1. The summed E-state index contributed by atoms with van der Waals surface area (Å²) in [5.74, 6) is -2.38. The lowest BCUT2D eigenvalue weighted by Gasteiger charge is -2.11. The van der Waals surface area contributed by atoms with Gasteiger partial charge in [-0.1, -0.05) is 12.1 Å². The Bertz CT molecular complexity index is 1250. The zero-order chi connectivity index (χ0) is 20.5. The van der Waals surface area contributed by atoms with E-state index < -0.39 is 11.9 Å². The van der Waals surface area contributed by atoms with Crippen molar-refractivity contribution in [2.24, 2.45) is 7.05 Å². The smallest absolute Gasteiger partial charge is 0.371 e. The van der Waals surface area contributed by atoms with Crippen LogP contribution in [0, 0.1) is 0 Å². The second kappa shape index (κ2) is 7.00. The number of nitrogens with one attached hydrogen (secondary N) is 3. The number of aromatic carboxylic acids is 1. The van der Waals surface area contributed by atoms with Gasteiger partial charge in [0.05, 0.1) is 11.3 Å². The zero-order valence-electron chi connectivity index (χ0n) is 15.1. The van der Waals surface area contributed by atoms with Gasteiger partial charge in [0.15, 0.2) is 11.4 Å². The van der Waals surface area contributed by atoms with Crippen molar-refractivity contribution in [2.75, 3.05) is 10.6 Å². The molecule has 0 bridgehead atoms. The lowest BCUT2D eigenvalue weighted by Crippen LogP contribution is -2.19. The summed E-state index contributed by atoms with van der Waals surface area (Å²) in [6.45, 7) is 0. The summed E-state index contributed by atoms with van der Waals surface area (Å²) in [6, 6.07) is 11.2. The number of rotatable bonds is 5. The number of carbonyl (C=O) groups is 3. The van der Waals surface area contributed by atoms with E-state index in [4.69, 9.17) is 9.52 Å². The van der Waals surface area contributed by atoms with Gasteiger partial charge < -0.3 is 24.7 Å². The largest absolute Gasteiger partial charge is 0.475 e. The number of aromatic nitrogens is 3. The van der Waals surface area contributed by atoms with E-state index in [0.717, 1.165) is 0 Å². The van der Waals surface area contributed by atoms with Gasteiger partial charge >= 0.3 is 5.97 Å². The Morgan fingerprint density at radius 3 is 2.62 bits per heavy atom. The van der Waals surface area contributed by atoms with E-state index in [1.807, 2.05) is 0 Å². The average Bonchev–Trinajstić information content (AvgIpc) is 3.39. The number of furan rings is 1. The summed E-state index contributed by atoms with van der Waals surface area (Å²) in [7, 11) is 1.74. The van der Waals surface area contributed by atoms with Crippen LogP contribution in [0.5, 0.6) is 0 Å². The first-order valence-electron chi connectivity index (χ1n) is 8.48. The Labute approximate surface area is 163 Å². The monoisotopic (exact) mass is 393 g/mol. The molecule has 3 aromatic heterocycles. The molecule has 10 nitrogen and oxygen atoms in total. The first kappa shape index (κ1) is 18.0. The van der Waals surface area contributed by atoms with Crippen LogP contribution >= 0.6 is 0 Å². The minimum absolute atomic E-state index is 0.0427. The maximum absolute atomic E-state index is 12.8.